The van der Waals surface area contributed by atoms with Crippen molar-refractivity contribution < 1.29 is 13.3 Å². The summed E-state index contributed by atoms with van der Waals surface area (Å²) in [6, 6.07) is 14.4. The van der Waals surface area contributed by atoms with Crippen LogP contribution in [0.25, 0.3) is 0 Å². The molecular formula is C15H14N2O4S. The molecule has 0 amide bonds. The Morgan fingerprint density at radius 2 is 1.82 bits per heavy atom. The highest BCUT2D eigenvalue weighted by molar-refractivity contribution is 7.95. The van der Waals surface area contributed by atoms with Crippen molar-refractivity contribution in [3.63, 3.8) is 0 Å². The lowest BCUT2D eigenvalue weighted by Gasteiger charge is -2.04. The molecule has 0 saturated heterocycles. The fraction of sp³-hybridized carbons (Fsp3) is 0.0667. The molecule has 22 heavy (non-hydrogen) atoms. The van der Waals surface area contributed by atoms with Crippen LogP contribution in [-0.4, -0.2) is 13.3 Å². The number of nitrogens with one attached hydrogen (secondary N) is 1. The van der Waals surface area contributed by atoms with E-state index in [0.717, 1.165) is 11.8 Å². The average Bonchev–Trinajstić information content (AvgIpc) is 2.48. The Labute approximate surface area is 128 Å². The van der Waals surface area contributed by atoms with E-state index in [4.69, 9.17) is 0 Å². The van der Waals surface area contributed by atoms with Crippen molar-refractivity contribution in [3.8, 4) is 0 Å². The first kappa shape index (κ1) is 15.7. The molecule has 0 heterocycles. The van der Waals surface area contributed by atoms with E-state index in [1.165, 1.54) is 24.3 Å². The molecule has 0 atom stereocenters. The van der Waals surface area contributed by atoms with Crippen LogP contribution < -0.4 is 5.32 Å². The third-order valence-corrected chi connectivity index (χ3v) is 4.60. The molecule has 0 aliphatic carbocycles. The molecule has 0 saturated carbocycles. The smallest absolute Gasteiger partial charge is 0.355 e. The van der Waals surface area contributed by atoms with Crippen molar-refractivity contribution in [2.45, 2.75) is 11.8 Å². The van der Waals surface area contributed by atoms with E-state index in [1.807, 2.05) is 13.0 Å². The summed E-state index contributed by atoms with van der Waals surface area (Å²) in [4.78, 5) is 10.1. The number of anilines is 1. The van der Waals surface area contributed by atoms with E-state index >= 15 is 0 Å². The van der Waals surface area contributed by atoms with Gasteiger partial charge < -0.3 is 5.32 Å². The van der Waals surface area contributed by atoms with Crippen molar-refractivity contribution in [1.82, 2.24) is 0 Å². The minimum Gasteiger partial charge on any atom is -0.355 e. The normalized spacial score (nSPS) is 12.0. The molecule has 0 aliphatic rings. The van der Waals surface area contributed by atoms with Crippen molar-refractivity contribution in [3.05, 3.63) is 81.5 Å². The van der Waals surface area contributed by atoms with Crippen LogP contribution in [0.15, 0.2) is 70.7 Å². The number of aryl methyl sites for hydroxylation is 1. The zero-order valence-corrected chi connectivity index (χ0v) is 12.6. The monoisotopic (exact) mass is 318 g/mol. The predicted molar refractivity (Wildman–Crippen MR) is 83.5 cm³/mol. The second kappa shape index (κ2) is 6.40. The molecule has 1 N–H and O–H groups in total. The van der Waals surface area contributed by atoms with Crippen LogP contribution in [0, 0.1) is 17.0 Å². The van der Waals surface area contributed by atoms with E-state index in [1.54, 1.807) is 24.3 Å². The fourth-order valence-electron chi connectivity index (χ4n) is 1.83. The van der Waals surface area contributed by atoms with E-state index in [0.29, 0.717) is 5.69 Å². The molecule has 0 bridgehead atoms. The van der Waals surface area contributed by atoms with Gasteiger partial charge in [0.25, 0.3) is 9.84 Å². The van der Waals surface area contributed by atoms with Crippen LogP contribution in [-0.2, 0) is 9.84 Å². The molecular weight excluding hydrogens is 304 g/mol. The number of sulfone groups is 1. The van der Waals surface area contributed by atoms with Crippen LogP contribution in [0.1, 0.15) is 5.56 Å². The van der Waals surface area contributed by atoms with Crippen molar-refractivity contribution >= 4 is 15.5 Å². The summed E-state index contributed by atoms with van der Waals surface area (Å²) in [5.74, 6) is 0. The standard InChI is InChI=1S/C15H14N2O4S/c1-12-6-5-7-13(10-12)16-11-15(17(18)19)22(20,21)14-8-3-2-4-9-14/h2-11,16H,1H3/b15-11+. The van der Waals surface area contributed by atoms with Gasteiger partial charge in [0.1, 0.15) is 0 Å². The second-order valence-corrected chi connectivity index (χ2v) is 6.47. The van der Waals surface area contributed by atoms with Crippen LogP contribution >= 0.6 is 0 Å². The number of nitro groups is 1. The lowest BCUT2D eigenvalue weighted by molar-refractivity contribution is -0.411. The first-order valence-corrected chi connectivity index (χ1v) is 7.87. The predicted octanol–water partition coefficient (Wildman–Crippen LogP) is 2.96. The summed E-state index contributed by atoms with van der Waals surface area (Å²) in [6.45, 7) is 1.87. The van der Waals surface area contributed by atoms with Crippen molar-refractivity contribution in [2.24, 2.45) is 0 Å². The van der Waals surface area contributed by atoms with Gasteiger partial charge in [0.15, 0.2) is 0 Å². The number of benzene rings is 2. The molecule has 6 nitrogen and oxygen atoms in total. The number of hydrogen-bond donors (Lipinski definition) is 1. The Hall–Kier alpha value is -2.67. The molecule has 2 rings (SSSR count). The Balaban J connectivity index is 2.38. The van der Waals surface area contributed by atoms with Gasteiger partial charge in [-0.25, -0.2) is 8.42 Å². The lowest BCUT2D eigenvalue weighted by Crippen LogP contribution is -2.14. The molecule has 0 unspecified atom stereocenters. The van der Waals surface area contributed by atoms with Crippen LogP contribution in [0.5, 0.6) is 0 Å². The third kappa shape index (κ3) is 3.50. The molecule has 2 aromatic rings. The van der Waals surface area contributed by atoms with Gasteiger partial charge in [0, 0.05) is 5.69 Å². The zero-order chi connectivity index (χ0) is 16.2. The third-order valence-electron chi connectivity index (χ3n) is 2.89. The van der Waals surface area contributed by atoms with Gasteiger partial charge in [0.2, 0.25) is 0 Å². The fourth-order valence-corrected chi connectivity index (χ4v) is 3.00. The first-order valence-electron chi connectivity index (χ1n) is 6.39. The quantitative estimate of drug-likeness (QED) is 0.676. The highest BCUT2D eigenvalue weighted by Crippen LogP contribution is 2.20. The number of rotatable bonds is 5. The Kier molecular flexibility index (Phi) is 4.57. The molecule has 0 spiro atoms. The van der Waals surface area contributed by atoms with Crippen LogP contribution in [0.3, 0.4) is 0 Å². The number of hydrogen-bond acceptors (Lipinski definition) is 5. The molecule has 7 heteroatoms. The Morgan fingerprint density at radius 3 is 2.41 bits per heavy atom. The highest BCUT2D eigenvalue weighted by Gasteiger charge is 2.31. The zero-order valence-electron chi connectivity index (χ0n) is 11.8. The largest absolute Gasteiger partial charge is 0.379 e. The summed E-state index contributed by atoms with van der Waals surface area (Å²) in [5.41, 5.74) is 1.52. The average molecular weight is 318 g/mol. The molecule has 0 radical (unpaired) electrons. The summed E-state index contributed by atoms with van der Waals surface area (Å²) in [5, 5.41) is 12.9. The first-order chi connectivity index (χ1) is 10.4. The molecule has 0 aliphatic heterocycles. The maximum Gasteiger partial charge on any atom is 0.379 e. The van der Waals surface area contributed by atoms with Crippen LogP contribution in [0.4, 0.5) is 5.69 Å². The summed E-state index contributed by atoms with van der Waals surface area (Å²) in [6.07, 6.45) is 0.900. The van der Waals surface area contributed by atoms with Crippen LogP contribution in [0.2, 0.25) is 0 Å². The van der Waals surface area contributed by atoms with Gasteiger partial charge in [-0.15, -0.1) is 0 Å². The van der Waals surface area contributed by atoms with Gasteiger partial charge in [-0.1, -0.05) is 30.3 Å². The summed E-state index contributed by atoms with van der Waals surface area (Å²) < 4.78 is 24.6. The van der Waals surface area contributed by atoms with Gasteiger partial charge in [0.05, 0.1) is 16.0 Å². The number of nitrogens with zero attached hydrogens (tertiary/aromatic N) is 1. The highest BCUT2D eigenvalue weighted by atomic mass is 32.2. The van der Waals surface area contributed by atoms with E-state index in [-0.39, 0.29) is 4.90 Å². The minimum absolute atomic E-state index is 0.121. The van der Waals surface area contributed by atoms with E-state index in [2.05, 4.69) is 5.32 Å². The van der Waals surface area contributed by atoms with E-state index < -0.39 is 19.8 Å². The van der Waals surface area contributed by atoms with Gasteiger partial charge >= 0.3 is 5.03 Å². The topological polar surface area (TPSA) is 89.3 Å². The summed E-state index contributed by atoms with van der Waals surface area (Å²) >= 11 is 0. The molecule has 0 aromatic heterocycles. The van der Waals surface area contributed by atoms with Gasteiger partial charge in [-0.2, -0.15) is 0 Å². The maximum atomic E-state index is 12.3. The van der Waals surface area contributed by atoms with Crippen molar-refractivity contribution in [1.29, 1.82) is 0 Å². The van der Waals surface area contributed by atoms with E-state index in [9.17, 15) is 18.5 Å². The molecule has 114 valence electrons. The molecule has 0 fully saturated rings. The Bertz CT molecular complexity index is 814. The minimum atomic E-state index is -4.18. The second-order valence-electron chi connectivity index (χ2n) is 4.57. The van der Waals surface area contributed by atoms with Gasteiger partial charge in [-0.05, 0) is 36.8 Å². The molecule has 2 aromatic carbocycles. The Morgan fingerprint density at radius 1 is 1.14 bits per heavy atom. The lowest BCUT2D eigenvalue weighted by atomic mass is 10.2. The maximum absolute atomic E-state index is 12.3. The summed E-state index contributed by atoms with van der Waals surface area (Å²) in [7, 11) is -4.18. The SMILES string of the molecule is Cc1cccc(N/C=C(\[N+](=O)[O-])S(=O)(=O)c2ccccc2)c1. The van der Waals surface area contributed by atoms with Crippen molar-refractivity contribution in [2.75, 3.05) is 5.32 Å². The van der Waals surface area contributed by atoms with Gasteiger partial charge in [-0.3, -0.25) is 10.1 Å².